The Kier molecular flexibility index (Phi) is 10.4. The number of H-pyrrole nitrogens is 2. The fourth-order valence-corrected chi connectivity index (χ4v) is 11.6. The SMILES string of the molecule is COC(=O)NC(C(=O)C1CC2(CC2)C[C@H]1c1ncc(-c2ccc3c(c2)C(F)(F)c2cc(-c4ccc5nc([C@@H]6[C@H]7CC[C@H](C7)N6C(=O)[C@@H](NC(=O)OC)C(C)C)[nH]c5c4)ccc2-3)[nH]1)C(C)C. The lowest BCUT2D eigenvalue weighted by atomic mass is 9.84. The number of hydrogen-bond donors (Lipinski definition) is 4. The molecule has 1 aliphatic heterocycles. The molecule has 65 heavy (non-hydrogen) atoms. The van der Waals surface area contributed by atoms with Crippen molar-refractivity contribution in [3.8, 4) is 33.5 Å². The third-order valence-corrected chi connectivity index (χ3v) is 15.2. The molecule has 5 aliphatic rings. The predicted octanol–water partition coefficient (Wildman–Crippen LogP) is 9.40. The number of aromatic amines is 2. The second kappa shape index (κ2) is 15.8. The van der Waals surface area contributed by atoms with E-state index in [1.807, 2.05) is 62.9 Å². The molecule has 2 aromatic heterocycles. The molecule has 2 bridgehead atoms. The number of imidazole rings is 2. The van der Waals surface area contributed by atoms with Crippen molar-refractivity contribution >= 4 is 34.9 Å². The van der Waals surface area contributed by atoms with E-state index in [-0.39, 0.29) is 69.9 Å². The standard InChI is InChI=1S/C50H55F2N7O6/c1-24(2)40(57-47(62)64-5)43(60)33-21-49(15-16-49)22-34(33)44-53-23-39(56-44)28-9-13-32-31-12-8-26(18-35(31)50(51,52)36(32)19-28)27-10-14-37-38(20-27)55-45(54-37)42-29-7-11-30(17-29)59(42)46(61)41(25(3)4)58-48(63)65-6/h8-10,12-14,18-20,23-25,29-30,33-34,40-42H,7,11,15-17,21-22H2,1-6H3,(H,53,56)(H,54,55)(H,57,62)(H,58,63)/t29-,30+,33?,34+,40?,41-,42-/m0/s1. The monoisotopic (exact) mass is 887 g/mol. The van der Waals surface area contributed by atoms with E-state index >= 15 is 8.78 Å². The number of carbonyl (C=O) groups excluding carboxylic acids is 4. The summed E-state index contributed by atoms with van der Waals surface area (Å²) in [5.41, 5.74) is 4.85. The Hall–Kier alpha value is -6.12. The Morgan fingerprint density at radius 2 is 1.42 bits per heavy atom. The number of benzene rings is 3. The number of Topliss-reactive ketones (excluding diaryl/α,β-unsaturated/α-hetero) is 1. The summed E-state index contributed by atoms with van der Waals surface area (Å²) >= 11 is 0. The number of methoxy groups -OCH3 is 2. The van der Waals surface area contributed by atoms with Gasteiger partial charge in [0.15, 0.2) is 5.78 Å². The number of fused-ring (bicyclic) bond motifs is 6. The number of alkyl carbamates (subject to hydrolysis) is 2. The van der Waals surface area contributed by atoms with E-state index in [0.29, 0.717) is 45.1 Å². The van der Waals surface area contributed by atoms with Gasteiger partial charge in [-0.25, -0.2) is 19.6 Å². The number of ether oxygens (including phenoxy) is 2. The number of halogens is 2. The summed E-state index contributed by atoms with van der Waals surface area (Å²) in [6.07, 6.45) is 6.69. The maximum absolute atomic E-state index is 16.7. The van der Waals surface area contributed by atoms with Crippen LogP contribution in [0.5, 0.6) is 0 Å². The fraction of sp³-hybridized carbons (Fsp3) is 0.480. The van der Waals surface area contributed by atoms with E-state index in [9.17, 15) is 19.2 Å². The highest BCUT2D eigenvalue weighted by atomic mass is 19.3. The molecule has 3 saturated carbocycles. The third-order valence-electron chi connectivity index (χ3n) is 15.2. The molecule has 340 valence electrons. The van der Waals surface area contributed by atoms with Crippen molar-refractivity contribution in [2.45, 2.75) is 109 Å². The predicted molar refractivity (Wildman–Crippen MR) is 239 cm³/mol. The fourth-order valence-electron chi connectivity index (χ4n) is 11.6. The van der Waals surface area contributed by atoms with Gasteiger partial charge in [0, 0.05) is 34.6 Å². The van der Waals surface area contributed by atoms with Gasteiger partial charge in [0.2, 0.25) is 5.91 Å². The molecule has 5 aromatic rings. The van der Waals surface area contributed by atoms with E-state index in [1.54, 1.807) is 24.4 Å². The van der Waals surface area contributed by atoms with Crippen molar-refractivity contribution in [3.63, 3.8) is 0 Å². The van der Waals surface area contributed by atoms with Crippen LogP contribution in [0.25, 0.3) is 44.5 Å². The van der Waals surface area contributed by atoms with Crippen LogP contribution in [0.1, 0.15) is 107 Å². The van der Waals surface area contributed by atoms with Crippen LogP contribution in [0.4, 0.5) is 18.4 Å². The topological polar surface area (TPSA) is 171 Å². The van der Waals surface area contributed by atoms with Gasteiger partial charge in [0.25, 0.3) is 5.92 Å². The van der Waals surface area contributed by atoms with Crippen molar-refractivity contribution in [3.05, 3.63) is 83.6 Å². The Balaban J connectivity index is 0.896. The molecular weight excluding hydrogens is 833 g/mol. The van der Waals surface area contributed by atoms with E-state index in [1.165, 1.54) is 20.3 Å². The van der Waals surface area contributed by atoms with Crippen LogP contribution < -0.4 is 10.6 Å². The number of rotatable bonds is 11. The van der Waals surface area contributed by atoms with Gasteiger partial charge in [-0.15, -0.1) is 0 Å². The highest BCUT2D eigenvalue weighted by Crippen LogP contribution is 2.64. The molecule has 1 saturated heterocycles. The van der Waals surface area contributed by atoms with Crippen molar-refractivity contribution in [1.29, 1.82) is 0 Å². The first kappa shape index (κ1) is 42.8. The molecule has 2 unspecified atom stereocenters. The van der Waals surface area contributed by atoms with Gasteiger partial charge in [-0.05, 0) is 115 Å². The average Bonchev–Trinajstić information content (AvgIpc) is 3.95. The first-order chi connectivity index (χ1) is 31.1. The van der Waals surface area contributed by atoms with Crippen molar-refractivity contribution in [2.24, 2.45) is 29.1 Å². The largest absolute Gasteiger partial charge is 0.453 e. The zero-order valence-corrected chi connectivity index (χ0v) is 37.5. The number of hydrogen-bond acceptors (Lipinski definition) is 8. The molecule has 0 radical (unpaired) electrons. The Labute approximate surface area is 375 Å². The molecule has 4 aliphatic carbocycles. The van der Waals surface area contributed by atoms with Crippen molar-refractivity contribution < 1.29 is 37.4 Å². The first-order valence-electron chi connectivity index (χ1n) is 22.9. The second-order valence-corrected chi connectivity index (χ2v) is 19.8. The summed E-state index contributed by atoms with van der Waals surface area (Å²) in [5, 5.41) is 5.48. The van der Waals surface area contributed by atoms with E-state index in [0.717, 1.165) is 56.0 Å². The number of ketones is 1. The molecule has 4 N–H and O–H groups in total. The first-order valence-corrected chi connectivity index (χ1v) is 22.9. The van der Waals surface area contributed by atoms with Crippen molar-refractivity contribution in [2.75, 3.05) is 14.2 Å². The zero-order chi connectivity index (χ0) is 45.7. The van der Waals surface area contributed by atoms with Gasteiger partial charge < -0.3 is 35.0 Å². The molecule has 7 atom stereocenters. The summed E-state index contributed by atoms with van der Waals surface area (Å²) in [6.45, 7) is 7.58. The maximum atomic E-state index is 16.7. The molecule has 4 fully saturated rings. The number of amides is 3. The summed E-state index contributed by atoms with van der Waals surface area (Å²) in [6, 6.07) is 14.3. The number of likely N-dealkylation sites (tertiary alicyclic amines) is 1. The number of carbonyl (C=O) groups is 4. The minimum absolute atomic E-state index is 0.0383. The molecule has 3 aromatic carbocycles. The van der Waals surface area contributed by atoms with Crippen LogP contribution in [-0.2, 0) is 25.0 Å². The van der Waals surface area contributed by atoms with Crippen LogP contribution in [0.3, 0.4) is 0 Å². The number of piperidine rings is 1. The van der Waals surface area contributed by atoms with E-state index < -0.39 is 30.2 Å². The van der Waals surface area contributed by atoms with Crippen molar-refractivity contribution in [1.82, 2.24) is 35.5 Å². The second-order valence-electron chi connectivity index (χ2n) is 19.8. The summed E-state index contributed by atoms with van der Waals surface area (Å²) in [7, 11) is 2.56. The minimum Gasteiger partial charge on any atom is -0.453 e. The molecular formula is C50H55F2N7O6. The lowest BCUT2D eigenvalue weighted by Crippen LogP contribution is -2.54. The molecule has 1 spiro atoms. The molecule has 3 amide bonds. The van der Waals surface area contributed by atoms with Crippen LogP contribution in [0, 0.1) is 29.1 Å². The number of nitrogens with zero attached hydrogens (tertiary/aromatic N) is 3. The number of alkyl halides is 2. The maximum Gasteiger partial charge on any atom is 0.407 e. The van der Waals surface area contributed by atoms with Crippen LogP contribution in [-0.4, -0.2) is 81.1 Å². The lowest BCUT2D eigenvalue weighted by Gasteiger charge is -2.37. The summed E-state index contributed by atoms with van der Waals surface area (Å²) < 4.78 is 43.0. The molecule has 15 heteroatoms. The van der Waals surface area contributed by atoms with Gasteiger partial charge in [0.05, 0.1) is 49.2 Å². The highest BCUT2D eigenvalue weighted by molar-refractivity contribution is 5.91. The summed E-state index contributed by atoms with van der Waals surface area (Å²) in [4.78, 5) is 71.0. The van der Waals surface area contributed by atoms with Crippen LogP contribution >= 0.6 is 0 Å². The zero-order valence-electron chi connectivity index (χ0n) is 37.5. The van der Waals surface area contributed by atoms with E-state index in [2.05, 4.69) is 20.6 Å². The Bertz CT molecular complexity index is 2740. The van der Waals surface area contributed by atoms with Crippen LogP contribution in [0.2, 0.25) is 0 Å². The summed E-state index contributed by atoms with van der Waals surface area (Å²) in [5.74, 6) is -2.78. The lowest BCUT2D eigenvalue weighted by molar-refractivity contribution is -0.139. The average molecular weight is 888 g/mol. The van der Waals surface area contributed by atoms with E-state index in [4.69, 9.17) is 19.4 Å². The van der Waals surface area contributed by atoms with Gasteiger partial charge in [-0.3, -0.25) is 9.59 Å². The number of aromatic nitrogens is 4. The molecule has 10 rings (SSSR count). The Morgan fingerprint density at radius 1 is 0.785 bits per heavy atom. The van der Waals surface area contributed by atoms with Gasteiger partial charge in [-0.2, -0.15) is 8.78 Å². The van der Waals surface area contributed by atoms with Crippen LogP contribution in [0.15, 0.2) is 60.8 Å². The minimum atomic E-state index is -3.28. The van der Waals surface area contributed by atoms with Gasteiger partial charge >= 0.3 is 12.2 Å². The van der Waals surface area contributed by atoms with Gasteiger partial charge in [-0.1, -0.05) is 58.0 Å². The third kappa shape index (κ3) is 7.25. The highest BCUT2D eigenvalue weighted by Gasteiger charge is 2.57. The molecule has 13 nitrogen and oxygen atoms in total. The quantitative estimate of drug-likeness (QED) is 0.102. The van der Waals surface area contributed by atoms with Gasteiger partial charge in [0.1, 0.15) is 17.7 Å². The Morgan fingerprint density at radius 3 is 2.08 bits per heavy atom. The normalized spacial score (nSPS) is 24.0. The number of nitrogens with one attached hydrogen (secondary N) is 4. The molecule has 3 heterocycles. The smallest absolute Gasteiger partial charge is 0.407 e.